The van der Waals surface area contributed by atoms with E-state index < -0.39 is 5.97 Å². The van der Waals surface area contributed by atoms with E-state index in [1.807, 2.05) is 31.2 Å². The van der Waals surface area contributed by atoms with Crippen LogP contribution in [0.15, 0.2) is 24.3 Å². The molecule has 1 aromatic rings. The number of benzene rings is 1. The summed E-state index contributed by atoms with van der Waals surface area (Å²) in [6.07, 6.45) is 2.93. The maximum absolute atomic E-state index is 11.3. The van der Waals surface area contributed by atoms with Crippen LogP contribution in [0.1, 0.15) is 50.2 Å². The lowest BCUT2D eigenvalue weighted by molar-refractivity contribution is -0.139. The first-order chi connectivity index (χ1) is 8.04. The summed E-state index contributed by atoms with van der Waals surface area (Å²) in [7, 11) is 0. The molecule has 2 unspecified atom stereocenters. The smallest absolute Gasteiger partial charge is 0.310 e. The van der Waals surface area contributed by atoms with Gasteiger partial charge in [-0.25, -0.2) is 0 Å². The summed E-state index contributed by atoms with van der Waals surface area (Å²) in [5.41, 5.74) is 2.09. The van der Waals surface area contributed by atoms with Crippen molar-refractivity contribution in [3.8, 4) is 0 Å². The Morgan fingerprint density at radius 1 is 1.29 bits per heavy atom. The first-order valence-corrected chi connectivity index (χ1v) is 6.34. The highest BCUT2D eigenvalue weighted by atomic mass is 16.4. The minimum absolute atomic E-state index is 0.364. The van der Waals surface area contributed by atoms with Gasteiger partial charge in [0.25, 0.3) is 0 Å². The van der Waals surface area contributed by atoms with Crippen molar-refractivity contribution in [2.24, 2.45) is 5.92 Å². The van der Waals surface area contributed by atoms with E-state index >= 15 is 0 Å². The Kier molecular flexibility index (Phi) is 5.20. The normalized spacial score (nSPS) is 14.3. The summed E-state index contributed by atoms with van der Waals surface area (Å²) in [5.74, 6) is -0.614. The first kappa shape index (κ1) is 13.8. The second-order valence-corrected chi connectivity index (χ2v) is 4.93. The molecule has 1 rings (SSSR count). The monoisotopic (exact) mass is 234 g/mol. The van der Waals surface area contributed by atoms with Crippen molar-refractivity contribution in [1.29, 1.82) is 0 Å². The van der Waals surface area contributed by atoms with Gasteiger partial charge in [-0.1, -0.05) is 56.5 Å². The largest absolute Gasteiger partial charge is 0.481 e. The Balaban J connectivity index is 2.79. The number of aliphatic carboxylic acids is 1. The molecular formula is C15H22O2. The Bertz CT molecular complexity index is 354. The number of carbonyl (C=O) groups is 1. The maximum Gasteiger partial charge on any atom is 0.310 e. The van der Waals surface area contributed by atoms with E-state index in [0.717, 1.165) is 24.8 Å². The summed E-state index contributed by atoms with van der Waals surface area (Å²) < 4.78 is 0. The zero-order chi connectivity index (χ0) is 12.8. The van der Waals surface area contributed by atoms with E-state index in [0.29, 0.717) is 5.92 Å². The second kappa shape index (κ2) is 6.43. The second-order valence-electron chi connectivity index (χ2n) is 4.93. The van der Waals surface area contributed by atoms with Gasteiger partial charge in [0.2, 0.25) is 0 Å². The highest BCUT2D eigenvalue weighted by Gasteiger charge is 2.21. The molecule has 0 aliphatic heterocycles. The van der Waals surface area contributed by atoms with Gasteiger partial charge in [0.05, 0.1) is 5.92 Å². The summed E-state index contributed by atoms with van der Waals surface area (Å²) in [4.78, 5) is 11.3. The Morgan fingerprint density at radius 3 is 2.35 bits per heavy atom. The van der Waals surface area contributed by atoms with E-state index in [4.69, 9.17) is 0 Å². The van der Waals surface area contributed by atoms with Crippen LogP contribution in [-0.2, 0) is 4.79 Å². The molecule has 17 heavy (non-hydrogen) atoms. The van der Waals surface area contributed by atoms with Gasteiger partial charge in [0.15, 0.2) is 0 Å². The fourth-order valence-corrected chi connectivity index (χ4v) is 2.19. The standard InChI is InChI=1S/C15H22O2/c1-4-5-12(3)10-14(15(16)17)13-8-6-11(2)7-9-13/h6-9,12,14H,4-5,10H2,1-3H3,(H,16,17). The third-order valence-electron chi connectivity index (χ3n) is 3.20. The number of carboxylic acid groups (broad SMARTS) is 1. The summed E-state index contributed by atoms with van der Waals surface area (Å²) in [5, 5.41) is 9.31. The van der Waals surface area contributed by atoms with Crippen LogP contribution in [0.3, 0.4) is 0 Å². The highest BCUT2D eigenvalue weighted by molar-refractivity contribution is 5.76. The van der Waals surface area contributed by atoms with Crippen LogP contribution in [-0.4, -0.2) is 11.1 Å². The van der Waals surface area contributed by atoms with E-state index in [-0.39, 0.29) is 5.92 Å². The zero-order valence-electron chi connectivity index (χ0n) is 10.9. The molecule has 0 saturated carbocycles. The van der Waals surface area contributed by atoms with Gasteiger partial charge < -0.3 is 5.11 Å². The quantitative estimate of drug-likeness (QED) is 0.808. The fraction of sp³-hybridized carbons (Fsp3) is 0.533. The van der Waals surface area contributed by atoms with Crippen molar-refractivity contribution in [3.05, 3.63) is 35.4 Å². The molecule has 0 spiro atoms. The van der Waals surface area contributed by atoms with Gasteiger partial charge in [-0.2, -0.15) is 0 Å². The van der Waals surface area contributed by atoms with Crippen LogP contribution in [0.5, 0.6) is 0 Å². The molecule has 0 aliphatic carbocycles. The topological polar surface area (TPSA) is 37.3 Å². The molecule has 0 radical (unpaired) electrons. The minimum Gasteiger partial charge on any atom is -0.481 e. The van der Waals surface area contributed by atoms with Crippen molar-refractivity contribution in [2.75, 3.05) is 0 Å². The van der Waals surface area contributed by atoms with Crippen molar-refractivity contribution in [1.82, 2.24) is 0 Å². The fourth-order valence-electron chi connectivity index (χ4n) is 2.19. The Hall–Kier alpha value is -1.31. The molecule has 0 fully saturated rings. The Labute approximate surface area is 104 Å². The van der Waals surface area contributed by atoms with E-state index in [2.05, 4.69) is 13.8 Å². The number of rotatable bonds is 6. The van der Waals surface area contributed by atoms with Gasteiger partial charge in [-0.05, 0) is 24.8 Å². The predicted molar refractivity (Wildman–Crippen MR) is 70.2 cm³/mol. The van der Waals surface area contributed by atoms with Crippen molar-refractivity contribution in [2.45, 2.75) is 46.0 Å². The van der Waals surface area contributed by atoms with Crippen LogP contribution in [0.2, 0.25) is 0 Å². The SMILES string of the molecule is CCCC(C)CC(C(=O)O)c1ccc(C)cc1. The Morgan fingerprint density at radius 2 is 1.88 bits per heavy atom. The third-order valence-corrected chi connectivity index (χ3v) is 3.20. The molecular weight excluding hydrogens is 212 g/mol. The molecule has 2 atom stereocenters. The maximum atomic E-state index is 11.3. The molecule has 0 saturated heterocycles. The van der Waals surface area contributed by atoms with Crippen molar-refractivity contribution >= 4 is 5.97 Å². The van der Waals surface area contributed by atoms with Gasteiger partial charge in [0.1, 0.15) is 0 Å². The molecule has 1 aromatic carbocycles. The lowest BCUT2D eigenvalue weighted by Gasteiger charge is -2.17. The third kappa shape index (κ3) is 4.22. The lowest BCUT2D eigenvalue weighted by atomic mass is 9.87. The molecule has 0 aromatic heterocycles. The molecule has 0 bridgehead atoms. The van der Waals surface area contributed by atoms with Crippen LogP contribution in [0.4, 0.5) is 0 Å². The number of carboxylic acids is 1. The predicted octanol–water partition coefficient (Wildman–Crippen LogP) is 3.99. The van der Waals surface area contributed by atoms with Crippen molar-refractivity contribution < 1.29 is 9.90 Å². The van der Waals surface area contributed by atoms with Gasteiger partial charge in [-0.3, -0.25) is 4.79 Å². The summed E-state index contributed by atoms with van der Waals surface area (Å²) in [6, 6.07) is 7.84. The summed E-state index contributed by atoms with van der Waals surface area (Å²) >= 11 is 0. The van der Waals surface area contributed by atoms with Gasteiger partial charge in [-0.15, -0.1) is 0 Å². The molecule has 2 nitrogen and oxygen atoms in total. The lowest BCUT2D eigenvalue weighted by Crippen LogP contribution is -2.15. The summed E-state index contributed by atoms with van der Waals surface area (Å²) in [6.45, 7) is 6.28. The van der Waals surface area contributed by atoms with Crippen LogP contribution in [0.25, 0.3) is 0 Å². The molecule has 0 amide bonds. The molecule has 2 heteroatoms. The molecule has 0 aliphatic rings. The average molecular weight is 234 g/mol. The van der Waals surface area contributed by atoms with Gasteiger partial charge >= 0.3 is 5.97 Å². The molecule has 1 N–H and O–H groups in total. The highest BCUT2D eigenvalue weighted by Crippen LogP contribution is 2.26. The average Bonchev–Trinajstić information content (AvgIpc) is 2.27. The number of aryl methyl sites for hydroxylation is 1. The van der Waals surface area contributed by atoms with Crippen LogP contribution < -0.4 is 0 Å². The van der Waals surface area contributed by atoms with E-state index in [1.165, 1.54) is 5.56 Å². The van der Waals surface area contributed by atoms with Crippen molar-refractivity contribution in [3.63, 3.8) is 0 Å². The zero-order valence-corrected chi connectivity index (χ0v) is 10.9. The van der Waals surface area contributed by atoms with Crippen LogP contribution >= 0.6 is 0 Å². The van der Waals surface area contributed by atoms with E-state index in [1.54, 1.807) is 0 Å². The van der Waals surface area contributed by atoms with Gasteiger partial charge in [0, 0.05) is 0 Å². The first-order valence-electron chi connectivity index (χ1n) is 6.34. The number of hydrogen-bond donors (Lipinski definition) is 1. The van der Waals surface area contributed by atoms with E-state index in [9.17, 15) is 9.90 Å². The molecule has 94 valence electrons. The minimum atomic E-state index is -0.711. The number of hydrogen-bond acceptors (Lipinski definition) is 1. The van der Waals surface area contributed by atoms with Crippen LogP contribution in [0, 0.1) is 12.8 Å². The molecule has 0 heterocycles.